The van der Waals surface area contributed by atoms with Crippen molar-refractivity contribution in [2.24, 2.45) is 0 Å². The molecule has 0 radical (unpaired) electrons. The van der Waals surface area contributed by atoms with Gasteiger partial charge in [-0.1, -0.05) is 43.0 Å². The van der Waals surface area contributed by atoms with E-state index >= 15 is 0 Å². The van der Waals surface area contributed by atoms with Crippen molar-refractivity contribution in [2.75, 3.05) is 24.3 Å². The van der Waals surface area contributed by atoms with Gasteiger partial charge in [0.05, 0.1) is 33.8 Å². The minimum absolute atomic E-state index is 0.00260. The molecule has 1 aliphatic heterocycles. The van der Waals surface area contributed by atoms with E-state index in [0.29, 0.717) is 28.2 Å². The first-order chi connectivity index (χ1) is 15.3. The molecule has 0 saturated carbocycles. The van der Waals surface area contributed by atoms with Crippen LogP contribution in [0.3, 0.4) is 0 Å². The van der Waals surface area contributed by atoms with E-state index in [1.165, 1.54) is 16.7 Å². The Labute approximate surface area is 191 Å². The summed E-state index contributed by atoms with van der Waals surface area (Å²) in [6.07, 6.45) is 1.35. The van der Waals surface area contributed by atoms with Crippen LogP contribution in [0.1, 0.15) is 18.9 Å². The molecule has 1 saturated heterocycles. The lowest BCUT2D eigenvalue weighted by molar-refractivity contribution is -0.128. The smallest absolute Gasteiger partial charge is 0.266 e. The number of hydrogen-bond donors (Lipinski definition) is 0. The van der Waals surface area contributed by atoms with Gasteiger partial charge in [-0.15, -0.1) is 0 Å². The summed E-state index contributed by atoms with van der Waals surface area (Å²) in [6.45, 7) is 2.07. The maximum absolute atomic E-state index is 13.3. The SMILES string of the molecule is CCc1ccc(-n2c(SCC(=O)N(C)C3CCS(=O)(=O)C3)nc3ccccc3c2=O)cc1. The number of carbonyl (C=O) groups excluding carboxylic acids is 1. The number of carbonyl (C=O) groups is 1. The second kappa shape index (κ2) is 9.07. The Morgan fingerprint density at radius 1 is 1.19 bits per heavy atom. The van der Waals surface area contributed by atoms with Crippen LogP contribution in [0.15, 0.2) is 58.5 Å². The van der Waals surface area contributed by atoms with Gasteiger partial charge in [0.1, 0.15) is 0 Å². The number of rotatable bonds is 6. The standard InChI is InChI=1S/C23H25N3O4S2/c1-3-16-8-10-17(11-9-16)26-22(28)19-6-4-5-7-20(19)24-23(26)31-14-21(27)25(2)18-12-13-32(29,30)15-18/h4-11,18H,3,12-15H2,1-2H3. The molecule has 1 amide bonds. The average Bonchev–Trinajstić information content (AvgIpc) is 3.16. The number of fused-ring (bicyclic) bond motifs is 1. The molecule has 9 heteroatoms. The lowest BCUT2D eigenvalue weighted by Crippen LogP contribution is -2.39. The molecule has 4 rings (SSSR count). The molecule has 2 aromatic carbocycles. The van der Waals surface area contributed by atoms with Gasteiger partial charge >= 0.3 is 0 Å². The Bertz CT molecular complexity index is 1320. The van der Waals surface area contributed by atoms with Gasteiger partial charge in [-0.25, -0.2) is 13.4 Å². The van der Waals surface area contributed by atoms with Crippen LogP contribution in [0, 0.1) is 0 Å². The van der Waals surface area contributed by atoms with E-state index in [4.69, 9.17) is 0 Å². The first kappa shape index (κ1) is 22.5. The molecule has 1 aliphatic rings. The van der Waals surface area contributed by atoms with Gasteiger partial charge < -0.3 is 4.90 Å². The topological polar surface area (TPSA) is 89.3 Å². The van der Waals surface area contributed by atoms with Crippen molar-refractivity contribution < 1.29 is 13.2 Å². The summed E-state index contributed by atoms with van der Waals surface area (Å²) in [4.78, 5) is 32.3. The van der Waals surface area contributed by atoms with Gasteiger partial charge in [-0.2, -0.15) is 0 Å². The van der Waals surface area contributed by atoms with E-state index in [1.807, 2.05) is 30.3 Å². The largest absolute Gasteiger partial charge is 0.341 e. The summed E-state index contributed by atoms with van der Waals surface area (Å²) in [5.41, 5.74) is 2.23. The average molecular weight is 472 g/mol. The summed E-state index contributed by atoms with van der Waals surface area (Å²) in [5, 5.41) is 0.940. The molecule has 0 spiro atoms. The Morgan fingerprint density at radius 2 is 1.91 bits per heavy atom. The van der Waals surface area contributed by atoms with Crippen LogP contribution in [0.4, 0.5) is 0 Å². The zero-order chi connectivity index (χ0) is 22.9. The molecule has 168 valence electrons. The van der Waals surface area contributed by atoms with E-state index in [2.05, 4.69) is 11.9 Å². The van der Waals surface area contributed by atoms with E-state index in [9.17, 15) is 18.0 Å². The lowest BCUT2D eigenvalue weighted by Gasteiger charge is -2.23. The molecule has 0 bridgehead atoms. The van der Waals surface area contributed by atoms with Crippen LogP contribution in [-0.2, 0) is 21.1 Å². The van der Waals surface area contributed by atoms with Gasteiger partial charge in [0.15, 0.2) is 15.0 Å². The first-order valence-corrected chi connectivity index (χ1v) is 13.3. The van der Waals surface area contributed by atoms with Crippen LogP contribution >= 0.6 is 11.8 Å². The van der Waals surface area contributed by atoms with E-state index < -0.39 is 9.84 Å². The Kier molecular flexibility index (Phi) is 6.39. The third-order valence-electron chi connectivity index (χ3n) is 5.82. The van der Waals surface area contributed by atoms with Gasteiger partial charge in [-0.05, 0) is 42.7 Å². The van der Waals surface area contributed by atoms with Gasteiger partial charge in [0.2, 0.25) is 5.91 Å². The van der Waals surface area contributed by atoms with Crippen molar-refractivity contribution in [3.63, 3.8) is 0 Å². The van der Waals surface area contributed by atoms with E-state index in [-0.39, 0.29) is 34.8 Å². The molecule has 3 aromatic rings. The molecule has 0 N–H and O–H groups in total. The maximum atomic E-state index is 13.3. The molecular formula is C23H25N3O4S2. The quantitative estimate of drug-likeness (QED) is 0.406. The lowest BCUT2D eigenvalue weighted by atomic mass is 10.1. The third kappa shape index (κ3) is 4.59. The van der Waals surface area contributed by atoms with Crippen molar-refractivity contribution in [3.05, 3.63) is 64.4 Å². The summed E-state index contributed by atoms with van der Waals surface area (Å²) in [7, 11) is -1.44. The van der Waals surface area contributed by atoms with Gasteiger partial charge in [-0.3, -0.25) is 14.2 Å². The second-order valence-electron chi connectivity index (χ2n) is 7.92. The van der Waals surface area contributed by atoms with Crippen molar-refractivity contribution in [3.8, 4) is 5.69 Å². The van der Waals surface area contributed by atoms with Crippen molar-refractivity contribution in [2.45, 2.75) is 31.0 Å². The van der Waals surface area contributed by atoms with Crippen LogP contribution in [-0.4, -0.2) is 59.1 Å². The molecule has 1 atom stereocenters. The highest BCUT2D eigenvalue weighted by Crippen LogP contribution is 2.23. The minimum Gasteiger partial charge on any atom is -0.341 e. The summed E-state index contributed by atoms with van der Waals surface area (Å²) in [5.74, 6) is -0.0116. The number of para-hydroxylation sites is 1. The van der Waals surface area contributed by atoms with Crippen LogP contribution in [0.25, 0.3) is 16.6 Å². The highest BCUT2D eigenvalue weighted by molar-refractivity contribution is 7.99. The number of thioether (sulfide) groups is 1. The Hall–Kier alpha value is -2.65. The predicted octanol–water partition coefficient (Wildman–Crippen LogP) is 2.69. The van der Waals surface area contributed by atoms with Crippen molar-refractivity contribution in [1.82, 2.24) is 14.5 Å². The zero-order valence-corrected chi connectivity index (χ0v) is 19.7. The number of sulfone groups is 1. The predicted molar refractivity (Wildman–Crippen MR) is 127 cm³/mol. The van der Waals surface area contributed by atoms with Crippen LogP contribution in [0.5, 0.6) is 0 Å². The summed E-state index contributed by atoms with van der Waals surface area (Å²) in [6, 6.07) is 14.6. The monoisotopic (exact) mass is 471 g/mol. The molecular weight excluding hydrogens is 446 g/mol. The van der Waals surface area contributed by atoms with Gasteiger partial charge in [0, 0.05) is 13.1 Å². The molecule has 2 heterocycles. The fourth-order valence-electron chi connectivity index (χ4n) is 3.83. The molecule has 0 aliphatic carbocycles. The molecule has 1 unspecified atom stereocenters. The highest BCUT2D eigenvalue weighted by Gasteiger charge is 2.32. The Balaban J connectivity index is 1.65. The second-order valence-corrected chi connectivity index (χ2v) is 11.1. The number of aryl methyl sites for hydroxylation is 1. The zero-order valence-electron chi connectivity index (χ0n) is 18.0. The number of benzene rings is 2. The summed E-state index contributed by atoms with van der Waals surface area (Å²) < 4.78 is 25.1. The molecule has 7 nitrogen and oxygen atoms in total. The number of aromatic nitrogens is 2. The normalized spacial score (nSPS) is 17.5. The Morgan fingerprint density at radius 3 is 2.56 bits per heavy atom. The minimum atomic E-state index is -3.08. The highest BCUT2D eigenvalue weighted by atomic mass is 32.2. The van der Waals surface area contributed by atoms with Crippen molar-refractivity contribution >= 4 is 38.4 Å². The molecule has 32 heavy (non-hydrogen) atoms. The first-order valence-electron chi connectivity index (χ1n) is 10.5. The number of hydrogen-bond acceptors (Lipinski definition) is 6. The van der Waals surface area contributed by atoms with Crippen LogP contribution in [0.2, 0.25) is 0 Å². The molecule has 1 aromatic heterocycles. The molecule has 1 fully saturated rings. The number of nitrogens with zero attached hydrogens (tertiary/aromatic N) is 3. The van der Waals surface area contributed by atoms with Gasteiger partial charge in [0.25, 0.3) is 5.56 Å². The van der Waals surface area contributed by atoms with Crippen LogP contribution < -0.4 is 5.56 Å². The third-order valence-corrected chi connectivity index (χ3v) is 8.50. The van der Waals surface area contributed by atoms with Crippen molar-refractivity contribution in [1.29, 1.82) is 0 Å². The van der Waals surface area contributed by atoms with E-state index in [0.717, 1.165) is 12.0 Å². The fraction of sp³-hybridized carbons (Fsp3) is 0.348. The fourth-order valence-corrected chi connectivity index (χ4v) is 6.54. The van der Waals surface area contributed by atoms with E-state index in [1.54, 1.807) is 29.8 Å². The summed E-state index contributed by atoms with van der Waals surface area (Å²) >= 11 is 1.19. The maximum Gasteiger partial charge on any atom is 0.266 e. The number of amides is 1.